The Morgan fingerprint density at radius 1 is 1.50 bits per heavy atom. The molecule has 7 heteroatoms. The summed E-state index contributed by atoms with van der Waals surface area (Å²) in [5.74, 6) is -0.623. The fourth-order valence-electron chi connectivity index (χ4n) is 1.85. The van der Waals surface area contributed by atoms with E-state index in [0.29, 0.717) is 5.65 Å². The van der Waals surface area contributed by atoms with Gasteiger partial charge >= 0.3 is 5.97 Å². The first-order valence-electron chi connectivity index (χ1n) is 6.26. The molecule has 0 saturated heterocycles. The van der Waals surface area contributed by atoms with Crippen LogP contribution in [0.2, 0.25) is 0 Å². The molecule has 0 aliphatic rings. The number of rotatable bonds is 3. The van der Waals surface area contributed by atoms with Gasteiger partial charge in [-0.2, -0.15) is 9.61 Å². The van der Waals surface area contributed by atoms with Gasteiger partial charge in [-0.3, -0.25) is 4.79 Å². The number of fused-ring (bicyclic) bond motifs is 1. The summed E-state index contributed by atoms with van der Waals surface area (Å²) >= 11 is 0. The van der Waals surface area contributed by atoms with Crippen LogP contribution < -0.4 is 5.56 Å². The fourth-order valence-corrected chi connectivity index (χ4v) is 1.85. The van der Waals surface area contributed by atoms with Crippen LogP contribution in [0.1, 0.15) is 36.8 Å². The van der Waals surface area contributed by atoms with Crippen LogP contribution in [-0.4, -0.2) is 37.9 Å². The molecule has 0 bridgehead atoms. The molecule has 2 aromatic heterocycles. The zero-order valence-electron chi connectivity index (χ0n) is 11.6. The van der Waals surface area contributed by atoms with Gasteiger partial charge in [0.15, 0.2) is 0 Å². The lowest BCUT2D eigenvalue weighted by Gasteiger charge is -2.20. The number of aromatic nitrogens is 3. The molecular formula is C13H17N3O4. The Kier molecular flexibility index (Phi) is 3.63. The Bertz CT molecular complexity index is 694. The Morgan fingerprint density at radius 2 is 2.20 bits per heavy atom. The number of nitrogens with one attached hydrogen (secondary N) is 1. The van der Waals surface area contributed by atoms with Crippen LogP contribution in [0.5, 0.6) is 0 Å². The summed E-state index contributed by atoms with van der Waals surface area (Å²) in [6.07, 6.45) is 1.51. The third-order valence-corrected chi connectivity index (χ3v) is 2.61. The average Bonchev–Trinajstić information content (AvgIpc) is 2.78. The molecule has 7 nitrogen and oxygen atoms in total. The van der Waals surface area contributed by atoms with Crippen molar-refractivity contribution in [3.63, 3.8) is 0 Å². The fraction of sp³-hybridized carbons (Fsp3) is 0.462. The first-order valence-corrected chi connectivity index (χ1v) is 6.26. The average molecular weight is 279 g/mol. The Morgan fingerprint density at radius 3 is 2.80 bits per heavy atom. The number of carbonyl (C=O) groups is 1. The van der Waals surface area contributed by atoms with Gasteiger partial charge in [0.25, 0.3) is 5.56 Å². The number of ether oxygens (including phenoxy) is 1. The first-order chi connectivity index (χ1) is 9.33. The number of aromatic amines is 1. The molecule has 2 heterocycles. The van der Waals surface area contributed by atoms with Crippen molar-refractivity contribution in [2.24, 2.45) is 0 Å². The third kappa shape index (κ3) is 2.72. The van der Waals surface area contributed by atoms with Gasteiger partial charge in [-0.05, 0) is 20.8 Å². The van der Waals surface area contributed by atoms with Gasteiger partial charge in [0.2, 0.25) is 0 Å². The molecule has 0 fully saturated rings. The number of aliphatic hydroxyl groups is 1. The zero-order valence-corrected chi connectivity index (χ0v) is 11.6. The minimum Gasteiger partial charge on any atom is -0.455 e. The van der Waals surface area contributed by atoms with E-state index in [9.17, 15) is 9.59 Å². The number of hydrogen-bond donors (Lipinski definition) is 2. The second-order valence-corrected chi connectivity index (χ2v) is 5.39. The van der Waals surface area contributed by atoms with Crippen molar-refractivity contribution in [2.45, 2.75) is 32.8 Å². The number of carbonyl (C=O) groups excluding carboxylic acids is 1. The molecule has 20 heavy (non-hydrogen) atoms. The maximum Gasteiger partial charge on any atom is 0.355 e. The van der Waals surface area contributed by atoms with Gasteiger partial charge in [-0.1, -0.05) is 0 Å². The number of nitrogens with zero attached hydrogens (tertiary/aromatic N) is 2. The number of hydrogen-bond acceptors (Lipinski definition) is 5. The number of aliphatic hydroxyl groups excluding tert-OH is 1. The molecule has 108 valence electrons. The van der Waals surface area contributed by atoms with Crippen molar-refractivity contribution in [2.75, 3.05) is 6.61 Å². The summed E-state index contributed by atoms with van der Waals surface area (Å²) in [6.45, 7) is 4.98. The van der Waals surface area contributed by atoms with E-state index < -0.39 is 17.1 Å². The summed E-state index contributed by atoms with van der Waals surface area (Å²) in [5.41, 5.74) is -0.474. The largest absolute Gasteiger partial charge is 0.455 e. The minimum atomic E-state index is -0.670. The summed E-state index contributed by atoms with van der Waals surface area (Å²) in [4.78, 5) is 27.2. The van der Waals surface area contributed by atoms with Crippen LogP contribution >= 0.6 is 0 Å². The van der Waals surface area contributed by atoms with Gasteiger partial charge in [-0.25, -0.2) is 4.79 Å². The van der Waals surface area contributed by atoms with Crippen molar-refractivity contribution in [3.8, 4) is 0 Å². The van der Waals surface area contributed by atoms with Crippen molar-refractivity contribution in [1.29, 1.82) is 0 Å². The highest BCUT2D eigenvalue weighted by molar-refractivity contribution is 5.89. The highest BCUT2D eigenvalue weighted by Gasteiger charge is 2.23. The smallest absolute Gasteiger partial charge is 0.355 e. The predicted octanol–water partition coefficient (Wildman–Crippen LogP) is 0.513. The molecule has 2 N–H and O–H groups in total. The zero-order chi connectivity index (χ0) is 14.9. The van der Waals surface area contributed by atoms with Crippen molar-refractivity contribution in [1.82, 2.24) is 14.6 Å². The lowest BCUT2D eigenvalue weighted by atomic mass is 10.1. The summed E-state index contributed by atoms with van der Waals surface area (Å²) in [7, 11) is 0. The van der Waals surface area contributed by atoms with Gasteiger partial charge in [0.1, 0.15) is 16.9 Å². The molecule has 0 unspecified atom stereocenters. The molecule has 0 aromatic carbocycles. The maximum atomic E-state index is 12.2. The minimum absolute atomic E-state index is 0.0553. The van der Waals surface area contributed by atoms with Crippen molar-refractivity contribution < 1.29 is 14.6 Å². The van der Waals surface area contributed by atoms with E-state index in [1.54, 1.807) is 26.8 Å². The predicted molar refractivity (Wildman–Crippen MR) is 71.8 cm³/mol. The van der Waals surface area contributed by atoms with Gasteiger partial charge in [0.05, 0.1) is 11.8 Å². The van der Waals surface area contributed by atoms with E-state index in [1.807, 2.05) is 0 Å². The van der Waals surface area contributed by atoms with Gasteiger partial charge in [-0.15, -0.1) is 0 Å². The van der Waals surface area contributed by atoms with Gasteiger partial charge in [0, 0.05) is 19.1 Å². The third-order valence-electron chi connectivity index (χ3n) is 2.61. The molecule has 0 radical (unpaired) electrons. The molecule has 0 spiro atoms. The van der Waals surface area contributed by atoms with E-state index in [2.05, 4.69) is 10.1 Å². The lowest BCUT2D eigenvalue weighted by Crippen LogP contribution is -2.30. The van der Waals surface area contributed by atoms with E-state index in [0.717, 1.165) is 4.52 Å². The van der Waals surface area contributed by atoms with Crippen LogP contribution in [0.3, 0.4) is 0 Å². The monoisotopic (exact) mass is 279 g/mol. The Balaban J connectivity index is 2.58. The van der Waals surface area contributed by atoms with E-state index in [1.165, 1.54) is 6.20 Å². The van der Waals surface area contributed by atoms with Crippen LogP contribution in [-0.2, 0) is 11.2 Å². The summed E-state index contributed by atoms with van der Waals surface area (Å²) in [6, 6.07) is 1.58. The lowest BCUT2D eigenvalue weighted by molar-refractivity contribution is 0.00613. The van der Waals surface area contributed by atoms with E-state index >= 15 is 0 Å². The molecule has 0 aliphatic carbocycles. The Labute approximate surface area is 115 Å². The molecule has 2 rings (SSSR count). The summed E-state index contributed by atoms with van der Waals surface area (Å²) in [5, 5.41) is 12.9. The molecule has 2 aromatic rings. The highest BCUT2D eigenvalue weighted by Crippen LogP contribution is 2.13. The maximum absolute atomic E-state index is 12.2. The highest BCUT2D eigenvalue weighted by atomic mass is 16.6. The van der Waals surface area contributed by atoms with Crippen LogP contribution in [0.15, 0.2) is 17.1 Å². The molecular weight excluding hydrogens is 262 g/mol. The molecule has 0 amide bonds. The number of esters is 1. The van der Waals surface area contributed by atoms with Gasteiger partial charge < -0.3 is 14.8 Å². The second kappa shape index (κ2) is 5.09. The molecule has 0 aliphatic heterocycles. The first kappa shape index (κ1) is 14.3. The normalized spacial score (nSPS) is 11.8. The summed E-state index contributed by atoms with van der Waals surface area (Å²) < 4.78 is 6.42. The quantitative estimate of drug-likeness (QED) is 0.798. The van der Waals surface area contributed by atoms with E-state index in [-0.39, 0.29) is 24.3 Å². The standard InChI is InChI=1S/C13H17N3O4/c1-13(2,3)20-12(19)10-8(5-7-17)11(18)16-9(15-10)4-6-14-16/h4,6,15,17H,5,7H2,1-3H3. The van der Waals surface area contributed by atoms with Crippen molar-refractivity contribution in [3.05, 3.63) is 33.9 Å². The Hall–Kier alpha value is -2.15. The molecule has 0 atom stereocenters. The second-order valence-electron chi connectivity index (χ2n) is 5.39. The van der Waals surface area contributed by atoms with E-state index in [4.69, 9.17) is 9.84 Å². The van der Waals surface area contributed by atoms with Crippen LogP contribution in [0.4, 0.5) is 0 Å². The molecule has 0 saturated carbocycles. The van der Waals surface area contributed by atoms with Crippen LogP contribution in [0.25, 0.3) is 5.65 Å². The SMILES string of the molecule is CC(C)(C)OC(=O)c1[nH]c2ccnn2c(=O)c1CCO. The van der Waals surface area contributed by atoms with Crippen molar-refractivity contribution >= 4 is 11.6 Å². The number of H-pyrrole nitrogens is 1. The van der Waals surface area contributed by atoms with Crippen LogP contribution in [0, 0.1) is 0 Å². The topological polar surface area (TPSA) is 96.7 Å².